The first-order valence-corrected chi connectivity index (χ1v) is 10.7. The number of carbonyl (C=O) groups is 3. The lowest BCUT2D eigenvalue weighted by Crippen LogP contribution is -2.47. The van der Waals surface area contributed by atoms with Crippen molar-refractivity contribution in [2.45, 2.75) is 26.8 Å². The van der Waals surface area contributed by atoms with Gasteiger partial charge in [0.15, 0.2) is 5.76 Å². The molecule has 1 unspecified atom stereocenters. The van der Waals surface area contributed by atoms with E-state index < -0.39 is 17.9 Å². The summed E-state index contributed by atoms with van der Waals surface area (Å²) < 4.78 is 10.6. The SMILES string of the molecule is CCOc1ccccc1C(=O)NC(C(=O)Nc1cccc(NC(=O)c2ccco2)c1)C(C)C. The van der Waals surface area contributed by atoms with Gasteiger partial charge in [-0.2, -0.15) is 0 Å². The Morgan fingerprint density at radius 1 is 0.909 bits per heavy atom. The summed E-state index contributed by atoms with van der Waals surface area (Å²) in [6.07, 6.45) is 1.42. The molecule has 0 fully saturated rings. The van der Waals surface area contributed by atoms with Crippen LogP contribution in [0.5, 0.6) is 5.75 Å². The molecular formula is C25H27N3O5. The maximum Gasteiger partial charge on any atom is 0.291 e. The van der Waals surface area contributed by atoms with E-state index in [1.54, 1.807) is 60.7 Å². The number of nitrogens with one attached hydrogen (secondary N) is 3. The van der Waals surface area contributed by atoms with Crippen molar-refractivity contribution in [2.75, 3.05) is 17.2 Å². The van der Waals surface area contributed by atoms with E-state index in [1.165, 1.54) is 6.26 Å². The van der Waals surface area contributed by atoms with Crippen molar-refractivity contribution in [1.29, 1.82) is 0 Å². The molecule has 2 aromatic carbocycles. The van der Waals surface area contributed by atoms with Crippen molar-refractivity contribution in [3.63, 3.8) is 0 Å². The molecule has 3 rings (SSSR count). The Hall–Kier alpha value is -4.07. The van der Waals surface area contributed by atoms with Gasteiger partial charge < -0.3 is 25.1 Å². The molecular weight excluding hydrogens is 422 g/mol. The second kappa shape index (κ2) is 11.0. The number of hydrogen-bond donors (Lipinski definition) is 3. The minimum absolute atomic E-state index is 0.171. The van der Waals surface area contributed by atoms with E-state index >= 15 is 0 Å². The van der Waals surface area contributed by atoms with Crippen molar-refractivity contribution in [2.24, 2.45) is 5.92 Å². The zero-order valence-electron chi connectivity index (χ0n) is 18.8. The van der Waals surface area contributed by atoms with Gasteiger partial charge in [-0.1, -0.05) is 32.0 Å². The number of anilines is 2. The van der Waals surface area contributed by atoms with Crippen LogP contribution < -0.4 is 20.7 Å². The zero-order chi connectivity index (χ0) is 23.8. The van der Waals surface area contributed by atoms with Crippen LogP contribution in [0, 0.1) is 5.92 Å². The number of carbonyl (C=O) groups excluding carboxylic acids is 3. The Kier molecular flexibility index (Phi) is 7.86. The fourth-order valence-electron chi connectivity index (χ4n) is 3.18. The average Bonchev–Trinajstić information content (AvgIpc) is 3.33. The summed E-state index contributed by atoms with van der Waals surface area (Å²) in [5.74, 6) is -0.701. The third-order valence-corrected chi connectivity index (χ3v) is 4.80. The number of furan rings is 1. The molecule has 0 bridgehead atoms. The second-order valence-corrected chi connectivity index (χ2v) is 7.63. The lowest BCUT2D eigenvalue weighted by Gasteiger charge is -2.22. The minimum atomic E-state index is -0.784. The van der Waals surface area contributed by atoms with E-state index in [9.17, 15) is 14.4 Å². The molecule has 1 aromatic heterocycles. The van der Waals surface area contributed by atoms with Crippen LogP contribution in [0.2, 0.25) is 0 Å². The van der Waals surface area contributed by atoms with Gasteiger partial charge in [-0.05, 0) is 55.3 Å². The fraction of sp³-hybridized carbons (Fsp3) is 0.240. The normalized spacial score (nSPS) is 11.5. The first kappa shape index (κ1) is 23.6. The lowest BCUT2D eigenvalue weighted by molar-refractivity contribution is -0.118. The van der Waals surface area contributed by atoms with Crippen molar-refractivity contribution in [1.82, 2.24) is 5.32 Å². The van der Waals surface area contributed by atoms with Crippen LogP contribution >= 0.6 is 0 Å². The quantitative estimate of drug-likeness (QED) is 0.451. The van der Waals surface area contributed by atoms with E-state index in [1.807, 2.05) is 20.8 Å². The lowest BCUT2D eigenvalue weighted by atomic mass is 10.0. The van der Waals surface area contributed by atoms with E-state index in [2.05, 4.69) is 16.0 Å². The highest BCUT2D eigenvalue weighted by Gasteiger charge is 2.26. The van der Waals surface area contributed by atoms with Crippen molar-refractivity contribution >= 4 is 29.1 Å². The standard InChI is InChI=1S/C25H27N3O5/c1-4-32-20-12-6-5-11-19(20)23(29)28-22(16(2)3)25(31)27-18-10-7-9-17(15-18)26-24(30)21-13-8-14-33-21/h5-16,22H,4H2,1-3H3,(H,26,30)(H,27,31)(H,28,29). The average molecular weight is 450 g/mol. The third-order valence-electron chi connectivity index (χ3n) is 4.80. The van der Waals surface area contributed by atoms with Crippen LogP contribution in [-0.4, -0.2) is 30.4 Å². The molecule has 0 aliphatic carbocycles. The highest BCUT2D eigenvalue weighted by Crippen LogP contribution is 2.20. The third kappa shape index (κ3) is 6.22. The molecule has 0 aliphatic heterocycles. The van der Waals surface area contributed by atoms with Crippen LogP contribution in [0.1, 0.15) is 41.7 Å². The van der Waals surface area contributed by atoms with Gasteiger partial charge in [0.2, 0.25) is 5.91 Å². The smallest absolute Gasteiger partial charge is 0.291 e. The molecule has 172 valence electrons. The summed E-state index contributed by atoms with van der Waals surface area (Å²) in [5.41, 5.74) is 1.33. The van der Waals surface area contributed by atoms with Gasteiger partial charge in [0.05, 0.1) is 18.4 Å². The summed E-state index contributed by atoms with van der Waals surface area (Å²) in [4.78, 5) is 38.1. The number of rotatable bonds is 9. The molecule has 33 heavy (non-hydrogen) atoms. The number of ether oxygens (including phenoxy) is 1. The topological polar surface area (TPSA) is 110 Å². The van der Waals surface area contributed by atoms with Gasteiger partial charge in [-0.25, -0.2) is 0 Å². The van der Waals surface area contributed by atoms with Crippen LogP contribution in [0.15, 0.2) is 71.3 Å². The van der Waals surface area contributed by atoms with E-state index in [-0.39, 0.29) is 17.6 Å². The molecule has 0 aliphatic rings. The van der Waals surface area contributed by atoms with Crippen LogP contribution in [0.4, 0.5) is 11.4 Å². The summed E-state index contributed by atoms with van der Waals surface area (Å²) in [5, 5.41) is 8.33. The highest BCUT2D eigenvalue weighted by molar-refractivity contribution is 6.04. The number of para-hydroxylation sites is 1. The molecule has 3 amide bonds. The predicted molar refractivity (Wildman–Crippen MR) is 125 cm³/mol. The Bertz CT molecular complexity index is 1110. The van der Waals surface area contributed by atoms with Crippen molar-refractivity contribution in [3.05, 3.63) is 78.3 Å². The van der Waals surface area contributed by atoms with Gasteiger partial charge in [-0.3, -0.25) is 14.4 Å². The monoisotopic (exact) mass is 449 g/mol. The summed E-state index contributed by atoms with van der Waals surface area (Å²) in [7, 11) is 0. The Morgan fingerprint density at radius 2 is 1.64 bits per heavy atom. The maximum absolute atomic E-state index is 13.0. The van der Waals surface area contributed by atoms with E-state index in [0.717, 1.165) is 0 Å². The van der Waals surface area contributed by atoms with E-state index in [4.69, 9.17) is 9.15 Å². The molecule has 0 spiro atoms. The minimum Gasteiger partial charge on any atom is -0.493 e. The Morgan fingerprint density at radius 3 is 2.30 bits per heavy atom. The van der Waals surface area contributed by atoms with Crippen LogP contribution in [0.25, 0.3) is 0 Å². The Labute approximate surface area is 192 Å². The molecule has 0 radical (unpaired) electrons. The van der Waals surface area contributed by atoms with Crippen LogP contribution in [0.3, 0.4) is 0 Å². The molecule has 0 saturated carbocycles. The van der Waals surface area contributed by atoms with Gasteiger partial charge in [0.25, 0.3) is 11.8 Å². The summed E-state index contributed by atoms with van der Waals surface area (Å²) in [6, 6.07) is 16.0. The maximum atomic E-state index is 13.0. The second-order valence-electron chi connectivity index (χ2n) is 7.63. The molecule has 3 N–H and O–H groups in total. The van der Waals surface area contributed by atoms with Crippen molar-refractivity contribution < 1.29 is 23.5 Å². The molecule has 1 heterocycles. The predicted octanol–water partition coefficient (Wildman–Crippen LogP) is 4.32. The van der Waals surface area contributed by atoms with Gasteiger partial charge in [-0.15, -0.1) is 0 Å². The Balaban J connectivity index is 1.69. The molecule has 3 aromatic rings. The number of amides is 3. The first-order chi connectivity index (χ1) is 15.9. The first-order valence-electron chi connectivity index (χ1n) is 10.7. The molecule has 8 heteroatoms. The van der Waals surface area contributed by atoms with Gasteiger partial charge in [0.1, 0.15) is 11.8 Å². The summed E-state index contributed by atoms with van der Waals surface area (Å²) >= 11 is 0. The van der Waals surface area contributed by atoms with Crippen molar-refractivity contribution in [3.8, 4) is 5.75 Å². The number of hydrogen-bond acceptors (Lipinski definition) is 5. The summed E-state index contributed by atoms with van der Waals surface area (Å²) in [6.45, 7) is 5.95. The fourth-order valence-corrected chi connectivity index (χ4v) is 3.18. The van der Waals surface area contributed by atoms with Gasteiger partial charge in [0, 0.05) is 11.4 Å². The molecule has 8 nitrogen and oxygen atoms in total. The van der Waals surface area contributed by atoms with Gasteiger partial charge >= 0.3 is 0 Å². The zero-order valence-corrected chi connectivity index (χ0v) is 18.8. The molecule has 0 saturated heterocycles. The van der Waals surface area contributed by atoms with E-state index in [0.29, 0.717) is 29.3 Å². The number of benzene rings is 2. The molecule has 1 atom stereocenters. The highest BCUT2D eigenvalue weighted by atomic mass is 16.5. The van der Waals surface area contributed by atoms with Crippen LogP contribution in [-0.2, 0) is 4.79 Å². The largest absolute Gasteiger partial charge is 0.493 e.